The Morgan fingerprint density at radius 3 is 2.67 bits per heavy atom. The molecule has 1 fully saturated rings. The van der Waals surface area contributed by atoms with E-state index in [0.29, 0.717) is 37.2 Å². The first-order valence-corrected chi connectivity index (χ1v) is 14.0. The number of hydrogen-bond acceptors (Lipinski definition) is 5. The van der Waals surface area contributed by atoms with Gasteiger partial charge in [-0.05, 0) is 68.4 Å². The van der Waals surface area contributed by atoms with Gasteiger partial charge in [0.2, 0.25) is 11.9 Å². The number of aryl methyl sites for hydroxylation is 2. The molecule has 9 heteroatoms. The molecule has 40 heavy (non-hydrogen) atoms. The number of carbonyl (C=O) groups is 2. The smallest absolute Gasteiger partial charge is 0.258 e. The summed E-state index contributed by atoms with van der Waals surface area (Å²) in [7, 11) is 1.86. The molecule has 5 rings (SSSR count). The highest BCUT2D eigenvalue weighted by atomic mass is 16.3. The van der Waals surface area contributed by atoms with E-state index in [-0.39, 0.29) is 24.5 Å². The number of imidazole rings is 1. The number of para-hydroxylation sites is 1. The van der Waals surface area contributed by atoms with Crippen LogP contribution in [0.1, 0.15) is 54.6 Å². The van der Waals surface area contributed by atoms with Gasteiger partial charge in [0.1, 0.15) is 0 Å². The minimum Gasteiger partial charge on any atom is -0.396 e. The molecule has 208 valence electrons. The molecule has 1 atom stereocenters. The summed E-state index contributed by atoms with van der Waals surface area (Å²) in [5.74, 6) is 0.321. The second-order valence-electron chi connectivity index (χ2n) is 10.3. The van der Waals surface area contributed by atoms with Gasteiger partial charge >= 0.3 is 0 Å². The summed E-state index contributed by atoms with van der Waals surface area (Å²) in [6.07, 6.45) is 11.0. The molecule has 1 aliphatic heterocycles. The second-order valence-corrected chi connectivity index (χ2v) is 10.3. The van der Waals surface area contributed by atoms with Crippen molar-refractivity contribution in [2.45, 2.75) is 51.0 Å². The van der Waals surface area contributed by atoms with Crippen LogP contribution in [0.5, 0.6) is 0 Å². The molecule has 0 saturated carbocycles. The average molecular weight is 541 g/mol. The highest BCUT2D eigenvalue weighted by molar-refractivity contribution is 6.04. The van der Waals surface area contributed by atoms with Gasteiger partial charge < -0.3 is 10.0 Å². The molecule has 2 aromatic carbocycles. The summed E-state index contributed by atoms with van der Waals surface area (Å²) in [6.45, 7) is 0.873. The van der Waals surface area contributed by atoms with Crippen molar-refractivity contribution in [2.24, 2.45) is 7.05 Å². The van der Waals surface area contributed by atoms with Crippen LogP contribution in [0.25, 0.3) is 16.8 Å². The molecule has 3 heterocycles. The summed E-state index contributed by atoms with van der Waals surface area (Å²) in [6, 6.07) is 17.3. The summed E-state index contributed by atoms with van der Waals surface area (Å²) in [5.41, 5.74) is 4.06. The molecule has 0 aliphatic carbocycles. The van der Waals surface area contributed by atoms with Crippen molar-refractivity contribution in [3.8, 4) is 16.8 Å². The van der Waals surface area contributed by atoms with Gasteiger partial charge in [0.15, 0.2) is 0 Å². The van der Waals surface area contributed by atoms with Crippen LogP contribution in [0.2, 0.25) is 0 Å². The average Bonchev–Trinajstić information content (AvgIpc) is 3.60. The number of hydrogen-bond donors (Lipinski definition) is 2. The topological polar surface area (TPSA) is 105 Å². The van der Waals surface area contributed by atoms with Crippen molar-refractivity contribution in [2.75, 3.05) is 18.5 Å². The molecule has 1 aliphatic rings. The molecule has 9 nitrogen and oxygen atoms in total. The minimum absolute atomic E-state index is 0.105. The fraction of sp³-hybridized carbons (Fsp3) is 0.355. The lowest BCUT2D eigenvalue weighted by Crippen LogP contribution is -2.44. The Morgan fingerprint density at radius 1 is 1.05 bits per heavy atom. The number of aliphatic hydroxyl groups excluding tert-OH is 1. The van der Waals surface area contributed by atoms with Crippen LogP contribution in [-0.4, -0.2) is 60.3 Å². The van der Waals surface area contributed by atoms with Crippen molar-refractivity contribution in [1.82, 2.24) is 24.2 Å². The summed E-state index contributed by atoms with van der Waals surface area (Å²) >= 11 is 0. The van der Waals surface area contributed by atoms with Crippen molar-refractivity contribution >= 4 is 17.8 Å². The lowest BCUT2D eigenvalue weighted by atomic mass is 9.99. The first-order chi connectivity index (χ1) is 19.5. The largest absolute Gasteiger partial charge is 0.396 e. The SMILES string of the molecule is Cn1cc(-c2cccc(C(=O)Nc3nc(CCCC(=O)N4CCCCC4CCO)cn3-c3ccccc3)c2)cn1. The van der Waals surface area contributed by atoms with E-state index in [1.54, 1.807) is 16.9 Å². The van der Waals surface area contributed by atoms with Gasteiger partial charge in [-0.3, -0.25) is 24.2 Å². The molecule has 1 unspecified atom stereocenters. The molecule has 0 spiro atoms. The maximum atomic E-state index is 13.3. The summed E-state index contributed by atoms with van der Waals surface area (Å²) in [4.78, 5) is 33.0. The number of nitrogens with zero attached hydrogens (tertiary/aromatic N) is 5. The van der Waals surface area contributed by atoms with Gasteiger partial charge in [-0.15, -0.1) is 0 Å². The zero-order chi connectivity index (χ0) is 27.9. The fourth-order valence-corrected chi connectivity index (χ4v) is 5.35. The number of nitrogens with one attached hydrogen (secondary N) is 1. The number of benzene rings is 2. The number of aliphatic hydroxyl groups is 1. The number of rotatable bonds is 10. The molecular weight excluding hydrogens is 504 g/mol. The van der Waals surface area contributed by atoms with Gasteiger partial charge in [0.05, 0.1) is 11.9 Å². The predicted octanol–water partition coefficient (Wildman–Crippen LogP) is 4.61. The summed E-state index contributed by atoms with van der Waals surface area (Å²) in [5, 5.41) is 16.6. The predicted molar refractivity (Wildman–Crippen MR) is 154 cm³/mol. The zero-order valence-electron chi connectivity index (χ0n) is 22.9. The van der Waals surface area contributed by atoms with Crippen LogP contribution < -0.4 is 5.32 Å². The first kappa shape index (κ1) is 27.3. The van der Waals surface area contributed by atoms with Gasteiger partial charge in [0.25, 0.3) is 5.91 Å². The van der Waals surface area contributed by atoms with Crippen molar-refractivity contribution in [3.05, 3.63) is 84.4 Å². The van der Waals surface area contributed by atoms with Crippen LogP contribution in [0.15, 0.2) is 73.2 Å². The highest BCUT2D eigenvalue weighted by Crippen LogP contribution is 2.24. The Balaban J connectivity index is 1.29. The molecule has 2 amide bonds. The first-order valence-electron chi connectivity index (χ1n) is 14.0. The van der Waals surface area contributed by atoms with E-state index in [4.69, 9.17) is 4.98 Å². The zero-order valence-corrected chi connectivity index (χ0v) is 22.9. The molecule has 2 N–H and O–H groups in total. The van der Waals surface area contributed by atoms with Crippen LogP contribution >= 0.6 is 0 Å². The van der Waals surface area contributed by atoms with E-state index in [1.807, 2.05) is 77.4 Å². The fourth-order valence-electron chi connectivity index (χ4n) is 5.35. The Morgan fingerprint density at radius 2 is 1.90 bits per heavy atom. The van der Waals surface area contributed by atoms with E-state index in [2.05, 4.69) is 10.4 Å². The highest BCUT2D eigenvalue weighted by Gasteiger charge is 2.26. The third-order valence-electron chi connectivity index (χ3n) is 7.41. The lowest BCUT2D eigenvalue weighted by molar-refractivity contribution is -0.135. The number of piperidine rings is 1. The number of aromatic nitrogens is 4. The van der Waals surface area contributed by atoms with Gasteiger partial charge in [-0.1, -0.05) is 30.3 Å². The third-order valence-corrected chi connectivity index (χ3v) is 7.41. The van der Waals surface area contributed by atoms with Crippen LogP contribution in [-0.2, 0) is 18.3 Å². The normalized spacial score (nSPS) is 15.2. The third kappa shape index (κ3) is 6.48. The van der Waals surface area contributed by atoms with Gasteiger partial charge in [-0.25, -0.2) is 4.98 Å². The number of amides is 2. The standard InChI is InChI=1S/C31H36N6O3/c1-35-21-25(20-32-35)23-9-7-10-24(19-23)30(40)34-31-33-26(22-37(31)27-12-3-2-4-13-27)11-8-15-29(39)36-17-6-5-14-28(36)16-18-38/h2-4,7,9-10,12-13,19-22,28,38H,5-6,8,11,14-18H2,1H3,(H,33,34,40). The molecule has 2 aromatic heterocycles. The number of likely N-dealkylation sites (tertiary alicyclic amines) is 1. The maximum Gasteiger partial charge on any atom is 0.258 e. The van der Waals surface area contributed by atoms with E-state index < -0.39 is 0 Å². The Kier molecular flexibility index (Phi) is 8.71. The lowest BCUT2D eigenvalue weighted by Gasteiger charge is -2.35. The Labute approximate surface area is 234 Å². The van der Waals surface area contributed by atoms with Gasteiger partial charge in [0, 0.05) is 61.9 Å². The van der Waals surface area contributed by atoms with Gasteiger partial charge in [-0.2, -0.15) is 5.10 Å². The second kappa shape index (κ2) is 12.7. The Hall–Kier alpha value is -4.24. The van der Waals surface area contributed by atoms with Crippen molar-refractivity contribution in [1.29, 1.82) is 0 Å². The van der Waals surface area contributed by atoms with E-state index >= 15 is 0 Å². The maximum absolute atomic E-state index is 13.3. The van der Waals surface area contributed by atoms with E-state index in [9.17, 15) is 14.7 Å². The molecule has 0 bridgehead atoms. The van der Waals surface area contributed by atoms with E-state index in [0.717, 1.165) is 48.3 Å². The monoisotopic (exact) mass is 540 g/mol. The van der Waals surface area contributed by atoms with Crippen LogP contribution in [0.3, 0.4) is 0 Å². The molecular formula is C31H36N6O3. The molecule has 4 aromatic rings. The van der Waals surface area contributed by atoms with Crippen LogP contribution in [0, 0.1) is 0 Å². The summed E-state index contributed by atoms with van der Waals surface area (Å²) < 4.78 is 3.61. The van der Waals surface area contributed by atoms with E-state index in [1.165, 1.54) is 0 Å². The molecule has 0 radical (unpaired) electrons. The van der Waals surface area contributed by atoms with Crippen molar-refractivity contribution < 1.29 is 14.7 Å². The number of carbonyl (C=O) groups excluding carboxylic acids is 2. The minimum atomic E-state index is -0.254. The Bertz CT molecular complexity index is 1440. The molecule has 1 saturated heterocycles. The number of anilines is 1. The van der Waals surface area contributed by atoms with Crippen molar-refractivity contribution in [3.63, 3.8) is 0 Å². The quantitative estimate of drug-likeness (QED) is 0.306. The van der Waals surface area contributed by atoms with Crippen LogP contribution in [0.4, 0.5) is 5.95 Å².